The van der Waals surface area contributed by atoms with Gasteiger partial charge in [0.1, 0.15) is 17.5 Å². The Balaban J connectivity index is 2.20. The molecule has 1 aliphatic carbocycles. The fourth-order valence-electron chi connectivity index (χ4n) is 3.81. The van der Waals surface area contributed by atoms with Gasteiger partial charge in [0.05, 0.1) is 5.92 Å². The van der Waals surface area contributed by atoms with Gasteiger partial charge in [-0.3, -0.25) is 4.79 Å². The zero-order chi connectivity index (χ0) is 17.7. The Morgan fingerprint density at radius 1 is 1.42 bits per heavy atom. The third-order valence-electron chi connectivity index (χ3n) is 4.84. The molecule has 8 heteroatoms. The van der Waals surface area contributed by atoms with Crippen molar-refractivity contribution in [2.75, 3.05) is 0 Å². The molecule has 1 fully saturated rings. The van der Waals surface area contributed by atoms with E-state index in [1.54, 1.807) is 0 Å². The van der Waals surface area contributed by atoms with Crippen LogP contribution in [0.15, 0.2) is 23.2 Å². The molecular formula is C16H18F3N3O2. The summed E-state index contributed by atoms with van der Waals surface area (Å²) in [5.74, 6) is -6.02. The number of benzene rings is 1. The first-order valence-electron chi connectivity index (χ1n) is 7.65. The second kappa shape index (κ2) is 5.39. The summed E-state index contributed by atoms with van der Waals surface area (Å²) in [6, 6.07) is 3.13. The maximum absolute atomic E-state index is 14.6. The molecule has 0 spiro atoms. The molecule has 1 saturated carbocycles. The smallest absolute Gasteiger partial charge is 0.283 e. The van der Waals surface area contributed by atoms with E-state index in [1.165, 1.54) is 19.1 Å². The van der Waals surface area contributed by atoms with Crippen LogP contribution in [-0.2, 0) is 10.3 Å². The molecule has 1 heterocycles. The minimum atomic E-state index is -3.10. The van der Waals surface area contributed by atoms with E-state index < -0.39 is 35.2 Å². The molecule has 24 heavy (non-hydrogen) atoms. The number of hydrogen-bond donors (Lipinski definition) is 2. The molecule has 0 unspecified atom stereocenters. The molecule has 130 valence electrons. The quantitative estimate of drug-likeness (QED) is 0.865. The summed E-state index contributed by atoms with van der Waals surface area (Å²) in [7, 11) is 0. The average molecular weight is 341 g/mol. The van der Waals surface area contributed by atoms with Gasteiger partial charge in [-0.05, 0) is 38.0 Å². The standard InChI is InChI=1S/C16H18F3N3O2/c1-15(9-7-8(13(20)23)4-5-10(9)17)12-11(24-14(21)22-15)3-2-6-16(12,18)19/h4-5,7,11-12H,2-3,6H2,1H3,(H2,20,23)(H2,21,22)/t11-,12+,15+/m1/s1. The second-order valence-corrected chi connectivity index (χ2v) is 6.44. The minimum Gasteiger partial charge on any atom is -0.461 e. The molecule has 0 bridgehead atoms. The van der Waals surface area contributed by atoms with Crippen molar-refractivity contribution in [2.45, 2.75) is 43.8 Å². The predicted molar refractivity (Wildman–Crippen MR) is 81.1 cm³/mol. The number of alkyl halides is 2. The molecule has 1 aliphatic heterocycles. The predicted octanol–water partition coefficient (Wildman–Crippen LogP) is 2.29. The van der Waals surface area contributed by atoms with Gasteiger partial charge in [0.2, 0.25) is 5.91 Å². The fraction of sp³-hybridized carbons (Fsp3) is 0.500. The number of nitrogens with zero attached hydrogens (tertiary/aromatic N) is 1. The maximum Gasteiger partial charge on any atom is 0.283 e. The highest BCUT2D eigenvalue weighted by Gasteiger charge is 2.60. The summed E-state index contributed by atoms with van der Waals surface area (Å²) in [6.07, 6.45) is -0.544. The first-order valence-corrected chi connectivity index (χ1v) is 7.65. The zero-order valence-electron chi connectivity index (χ0n) is 13.1. The first-order chi connectivity index (χ1) is 11.1. The summed E-state index contributed by atoms with van der Waals surface area (Å²) in [6.45, 7) is 1.39. The molecule has 3 atom stereocenters. The molecule has 0 radical (unpaired) electrons. The van der Waals surface area contributed by atoms with Gasteiger partial charge < -0.3 is 16.2 Å². The molecular weight excluding hydrogens is 323 g/mol. The van der Waals surface area contributed by atoms with Crippen molar-refractivity contribution in [1.29, 1.82) is 0 Å². The van der Waals surface area contributed by atoms with Gasteiger partial charge in [-0.15, -0.1) is 0 Å². The number of carbonyl (C=O) groups is 1. The number of nitrogens with two attached hydrogens (primary N) is 2. The lowest BCUT2D eigenvalue weighted by molar-refractivity contribution is -0.163. The van der Waals surface area contributed by atoms with Crippen LogP contribution in [0.4, 0.5) is 13.2 Å². The molecule has 1 amide bonds. The van der Waals surface area contributed by atoms with Gasteiger partial charge in [0.15, 0.2) is 0 Å². The summed E-state index contributed by atoms with van der Waals surface area (Å²) >= 11 is 0. The molecule has 4 N–H and O–H groups in total. The van der Waals surface area contributed by atoms with Crippen LogP contribution in [0.3, 0.4) is 0 Å². The number of aliphatic imine (C=N–C) groups is 1. The Kier molecular flexibility index (Phi) is 3.73. The van der Waals surface area contributed by atoms with E-state index in [2.05, 4.69) is 4.99 Å². The summed E-state index contributed by atoms with van der Waals surface area (Å²) < 4.78 is 49.0. The lowest BCUT2D eigenvalue weighted by Gasteiger charge is -2.48. The number of amidine groups is 1. The van der Waals surface area contributed by atoms with Gasteiger partial charge in [-0.2, -0.15) is 0 Å². The van der Waals surface area contributed by atoms with Gasteiger partial charge in [-0.25, -0.2) is 18.2 Å². The Bertz CT molecular complexity index is 723. The Morgan fingerprint density at radius 2 is 2.12 bits per heavy atom. The van der Waals surface area contributed by atoms with E-state index >= 15 is 0 Å². The van der Waals surface area contributed by atoms with Crippen LogP contribution in [0.2, 0.25) is 0 Å². The largest absolute Gasteiger partial charge is 0.461 e. The second-order valence-electron chi connectivity index (χ2n) is 6.44. The van der Waals surface area contributed by atoms with E-state index in [4.69, 9.17) is 16.2 Å². The molecule has 2 aliphatic rings. The average Bonchev–Trinajstić information content (AvgIpc) is 2.45. The molecule has 1 aromatic carbocycles. The summed E-state index contributed by atoms with van der Waals surface area (Å²) in [5, 5.41) is 0. The molecule has 0 aromatic heterocycles. The zero-order valence-corrected chi connectivity index (χ0v) is 13.1. The number of carbonyl (C=O) groups excluding carboxylic acids is 1. The number of halogens is 3. The van der Waals surface area contributed by atoms with Gasteiger partial charge >= 0.3 is 0 Å². The maximum atomic E-state index is 14.6. The van der Waals surface area contributed by atoms with Crippen molar-refractivity contribution in [1.82, 2.24) is 0 Å². The Labute approximate surface area is 136 Å². The van der Waals surface area contributed by atoms with Crippen molar-refractivity contribution in [3.63, 3.8) is 0 Å². The molecule has 1 aromatic rings. The van der Waals surface area contributed by atoms with Crippen molar-refractivity contribution < 1.29 is 22.7 Å². The van der Waals surface area contributed by atoms with Crippen molar-refractivity contribution >= 4 is 11.9 Å². The number of amides is 1. The summed E-state index contributed by atoms with van der Waals surface area (Å²) in [4.78, 5) is 15.4. The van der Waals surface area contributed by atoms with Gasteiger partial charge in [0.25, 0.3) is 11.9 Å². The van der Waals surface area contributed by atoms with Crippen LogP contribution in [0.5, 0.6) is 0 Å². The first kappa shape index (κ1) is 16.6. The minimum absolute atomic E-state index is 0.0172. The third kappa shape index (κ3) is 2.50. The van der Waals surface area contributed by atoms with Crippen molar-refractivity contribution in [3.05, 3.63) is 35.1 Å². The van der Waals surface area contributed by atoms with E-state index in [-0.39, 0.29) is 30.0 Å². The van der Waals surface area contributed by atoms with Crippen molar-refractivity contribution in [3.8, 4) is 0 Å². The van der Waals surface area contributed by atoms with Crippen LogP contribution < -0.4 is 11.5 Å². The normalized spacial score (nSPS) is 31.6. The van der Waals surface area contributed by atoms with Crippen LogP contribution in [0, 0.1) is 11.7 Å². The fourth-order valence-corrected chi connectivity index (χ4v) is 3.81. The van der Waals surface area contributed by atoms with Crippen LogP contribution in [0.25, 0.3) is 0 Å². The van der Waals surface area contributed by atoms with Crippen LogP contribution >= 0.6 is 0 Å². The van der Waals surface area contributed by atoms with E-state index in [0.717, 1.165) is 6.07 Å². The van der Waals surface area contributed by atoms with E-state index in [0.29, 0.717) is 6.42 Å². The van der Waals surface area contributed by atoms with Crippen molar-refractivity contribution in [2.24, 2.45) is 22.4 Å². The Morgan fingerprint density at radius 3 is 2.79 bits per heavy atom. The highest BCUT2D eigenvalue weighted by molar-refractivity contribution is 5.93. The number of fused-ring (bicyclic) bond motifs is 1. The highest BCUT2D eigenvalue weighted by atomic mass is 19.3. The van der Waals surface area contributed by atoms with Gasteiger partial charge in [-0.1, -0.05) is 0 Å². The topological polar surface area (TPSA) is 90.7 Å². The molecule has 0 saturated heterocycles. The van der Waals surface area contributed by atoms with E-state index in [9.17, 15) is 18.0 Å². The number of rotatable bonds is 2. The number of primary amides is 1. The lowest BCUT2D eigenvalue weighted by atomic mass is 9.67. The Hall–Kier alpha value is -2.25. The molecule has 3 rings (SSSR count). The van der Waals surface area contributed by atoms with Crippen LogP contribution in [-0.4, -0.2) is 24.0 Å². The van der Waals surface area contributed by atoms with E-state index in [1.807, 2.05) is 0 Å². The SMILES string of the molecule is C[C@@]1(c2cc(C(N)=O)ccc2F)N=C(N)O[C@@H]2CCCC(F)(F)[C@@H]21. The number of ether oxygens (including phenoxy) is 1. The highest BCUT2D eigenvalue weighted by Crippen LogP contribution is 2.53. The lowest BCUT2D eigenvalue weighted by Crippen LogP contribution is -2.57. The third-order valence-corrected chi connectivity index (χ3v) is 4.84. The molecule has 5 nitrogen and oxygen atoms in total. The monoisotopic (exact) mass is 341 g/mol. The van der Waals surface area contributed by atoms with Crippen LogP contribution in [0.1, 0.15) is 42.1 Å². The summed E-state index contributed by atoms with van der Waals surface area (Å²) in [5.41, 5.74) is 9.10. The number of hydrogen-bond acceptors (Lipinski definition) is 4. The van der Waals surface area contributed by atoms with Gasteiger partial charge in [0, 0.05) is 17.5 Å².